The summed E-state index contributed by atoms with van der Waals surface area (Å²) in [7, 11) is -0.294. The number of ether oxygens (including phenoxy) is 1. The quantitative estimate of drug-likeness (QED) is 0.0679. The summed E-state index contributed by atoms with van der Waals surface area (Å²) in [6, 6.07) is 12.3. The predicted octanol–water partition coefficient (Wildman–Crippen LogP) is 1.82. The van der Waals surface area contributed by atoms with Gasteiger partial charge in [-0.3, -0.25) is 33.2 Å². The second-order valence-electron chi connectivity index (χ2n) is 20.9. The minimum Gasteiger partial charge on any atom is -0.870 e. The van der Waals surface area contributed by atoms with E-state index >= 15 is 0 Å². The Morgan fingerprint density at radius 2 is 1.10 bits per heavy atom. The molecular formula is C49H91ClN5NaO15S. The summed E-state index contributed by atoms with van der Waals surface area (Å²) >= 11 is 0. The zero-order valence-corrected chi connectivity index (χ0v) is 49.0. The number of fused-ring (bicyclic) bond motifs is 6. The van der Waals surface area contributed by atoms with Crippen LogP contribution in [-0.4, -0.2) is 146 Å². The van der Waals surface area contributed by atoms with E-state index in [1.807, 2.05) is 13.8 Å². The molecule has 0 saturated carbocycles. The first kappa shape index (κ1) is 78.6. The van der Waals surface area contributed by atoms with Crippen LogP contribution in [0.2, 0.25) is 0 Å². The number of ketones is 4. The van der Waals surface area contributed by atoms with Gasteiger partial charge in [0.25, 0.3) is 6.47 Å². The molecule has 7 rings (SSSR count). The molecular weight excluding hydrogens is 989 g/mol. The van der Waals surface area contributed by atoms with Crippen molar-refractivity contribution in [1.82, 2.24) is 26.2 Å². The maximum Gasteiger partial charge on any atom is 1.00 e. The van der Waals surface area contributed by atoms with Crippen LogP contribution in [0.1, 0.15) is 171 Å². The molecule has 6 heterocycles. The number of halogens is 1. The van der Waals surface area contributed by atoms with Gasteiger partial charge in [0.15, 0.2) is 5.78 Å². The van der Waals surface area contributed by atoms with Crippen LogP contribution in [0.4, 0.5) is 0 Å². The van der Waals surface area contributed by atoms with Crippen molar-refractivity contribution < 1.29 is 102 Å². The average Bonchev–Trinajstić information content (AvgIpc) is 3.69. The van der Waals surface area contributed by atoms with Crippen molar-refractivity contribution >= 4 is 58.4 Å². The summed E-state index contributed by atoms with van der Waals surface area (Å²) < 4.78 is 35.6. The fourth-order valence-corrected chi connectivity index (χ4v) is 10.5. The average molecular weight is 1080 g/mol. The van der Waals surface area contributed by atoms with E-state index in [4.69, 9.17) is 22.6 Å². The Morgan fingerprint density at radius 3 is 1.43 bits per heavy atom. The summed E-state index contributed by atoms with van der Waals surface area (Å²) in [4.78, 5) is 63.9. The molecule has 6 fully saturated rings. The van der Waals surface area contributed by atoms with Gasteiger partial charge in [0.2, 0.25) is 0 Å². The minimum atomic E-state index is -4.67. The molecule has 0 aromatic heterocycles. The summed E-state index contributed by atoms with van der Waals surface area (Å²) in [5, 5.41) is 22.6. The maximum absolute atomic E-state index is 11.3. The van der Waals surface area contributed by atoms with Gasteiger partial charge >= 0.3 is 45.9 Å². The number of carbonyl (C=O) groups excluding carboxylic acids is 5. The van der Waals surface area contributed by atoms with Gasteiger partial charge in [0.05, 0.1) is 0 Å². The Bertz CT molecular complexity index is 1830. The van der Waals surface area contributed by atoms with Crippen LogP contribution in [0.5, 0.6) is 0 Å². The number of nitrogens with zero attached hydrogens (tertiary/aromatic N) is 1. The molecule has 6 bridgehead atoms. The van der Waals surface area contributed by atoms with Gasteiger partial charge in [0, 0.05) is 77.5 Å². The fourth-order valence-electron chi connectivity index (χ4n) is 10.5. The molecule has 6 aliphatic heterocycles. The first-order chi connectivity index (χ1) is 30.8. The maximum atomic E-state index is 11.3. The number of carbonyl (C=O) groups is 6. The molecule has 20 nitrogen and oxygen atoms in total. The number of carboxylic acids is 1. The van der Waals surface area contributed by atoms with Gasteiger partial charge in [-0.1, -0.05) is 44.2 Å². The molecule has 12 N–H and O–H groups in total. The van der Waals surface area contributed by atoms with Crippen molar-refractivity contribution in [2.24, 2.45) is 0 Å². The molecule has 72 heavy (non-hydrogen) atoms. The van der Waals surface area contributed by atoms with Crippen molar-refractivity contribution in [3.8, 4) is 0 Å². The Hall–Kier alpha value is -2.32. The number of piperidine rings is 3. The first-order valence-electron chi connectivity index (χ1n) is 23.6. The number of carboxylic acid groups (broad SMARTS) is 1. The number of benzene rings is 1. The number of Topliss-reactive ketones (excluding diaryl/α,β-unsaturated/α-hetero) is 4. The molecule has 1 aromatic carbocycles. The predicted molar refractivity (Wildman–Crippen MR) is 277 cm³/mol. The van der Waals surface area contributed by atoms with Crippen LogP contribution in [0.3, 0.4) is 0 Å². The summed E-state index contributed by atoms with van der Waals surface area (Å²) in [6.07, 6.45) is 14.5. The number of hydrogen-bond acceptors (Lipinski definition) is 15. The Kier molecular flexibility index (Phi) is 38.3. The molecule has 1 aromatic rings. The van der Waals surface area contributed by atoms with Crippen LogP contribution < -0.4 is 50.8 Å². The molecule has 0 aliphatic carbocycles. The SMILES string of the molecule is CC.CC(=O)CCC(C)=O.CN(Cc1ccccc1)C1C[C@]2(C)CC[C@](C)(C1)N2.CNC1C[C@]2(C)CC[C@](C)(C1)N2.C[C@]12CC[C@](C)(CC(=O)C1)N2.Cl.O.O.O=COCC(=O)CC(=O)O.O=S(=O)(O)O.[Na+].[OH-]. The fraction of sp³-hybridized carbons (Fsp3) is 0.755. The van der Waals surface area contributed by atoms with Crippen molar-refractivity contribution in [1.29, 1.82) is 0 Å². The molecule has 416 valence electrons. The van der Waals surface area contributed by atoms with Gasteiger partial charge < -0.3 is 57.1 Å². The van der Waals surface area contributed by atoms with E-state index in [9.17, 15) is 28.8 Å². The van der Waals surface area contributed by atoms with Gasteiger partial charge in [-0.15, -0.1) is 12.4 Å². The van der Waals surface area contributed by atoms with E-state index in [0.29, 0.717) is 46.8 Å². The molecule has 8 atom stereocenters. The molecule has 0 spiro atoms. The standard InChI is InChI=1S/C17H26N2.C10H20N2.C9H15NO.C6H10O2.C5H6O5.C2H6.ClH.Na.H2O4S.3H2O/c1-16-9-10-17(2,18-16)12-15(11-16)19(3)13-14-7-5-4-6-8-14;1-9-4-5-10(2,12-9)7-8(6-9)11-3;1-8-3-4-9(2,10-8)6-7(11)5-8;1-5(7)3-4-6(2)8;6-3-10-2-4(7)1-5(8)9;1-2;;;1-5(2,3)4;;;/h4-8,15,18H,9-13H2,1-3H3;8,11-12H,4-7H2,1-3H3;10H,3-6H2,1-2H3;3-4H2,1-2H3;3H,1-2H2,(H,8,9);1-2H3;1H;;(H2,1,2,3,4);3*1H2/q;;;;;;;+1;;;;/p-1/t15?,16-,17+;8?,9-,10+;8-,9+;;;;;;;;;. The number of rotatable bonds is 12. The van der Waals surface area contributed by atoms with Crippen molar-refractivity contribution in [3.63, 3.8) is 0 Å². The molecule has 0 radical (unpaired) electrons. The monoisotopic (exact) mass is 1080 g/mol. The van der Waals surface area contributed by atoms with Crippen LogP contribution in [0.15, 0.2) is 30.3 Å². The number of hydrogen-bond donors (Lipinski definition) is 7. The van der Waals surface area contributed by atoms with Gasteiger partial charge in [0.1, 0.15) is 30.4 Å². The minimum absolute atomic E-state index is 0. The largest absolute Gasteiger partial charge is 1.00 e. The van der Waals surface area contributed by atoms with Crippen LogP contribution in [0, 0.1) is 0 Å². The van der Waals surface area contributed by atoms with E-state index in [2.05, 4.69) is 117 Å². The van der Waals surface area contributed by atoms with Crippen LogP contribution >= 0.6 is 12.4 Å². The van der Waals surface area contributed by atoms with Gasteiger partial charge in [-0.05, 0) is 139 Å². The van der Waals surface area contributed by atoms with E-state index in [0.717, 1.165) is 38.3 Å². The zero-order valence-electron chi connectivity index (χ0n) is 45.4. The number of nitrogens with one attached hydrogen (secondary N) is 4. The van der Waals surface area contributed by atoms with Crippen LogP contribution in [0.25, 0.3) is 0 Å². The van der Waals surface area contributed by atoms with E-state index in [-0.39, 0.29) is 87.5 Å². The third-order valence-corrected chi connectivity index (χ3v) is 13.2. The summed E-state index contributed by atoms with van der Waals surface area (Å²) in [5.41, 5.74) is 3.24. The van der Waals surface area contributed by atoms with Gasteiger partial charge in [-0.2, -0.15) is 8.42 Å². The van der Waals surface area contributed by atoms with E-state index in [1.165, 1.54) is 70.8 Å². The third-order valence-electron chi connectivity index (χ3n) is 13.2. The summed E-state index contributed by atoms with van der Waals surface area (Å²) in [6.45, 7) is 21.5. The summed E-state index contributed by atoms with van der Waals surface area (Å²) in [5.74, 6) is -1.24. The van der Waals surface area contributed by atoms with E-state index in [1.54, 1.807) is 0 Å². The molecule has 0 amide bonds. The molecule has 2 unspecified atom stereocenters. The third kappa shape index (κ3) is 31.5. The van der Waals surface area contributed by atoms with Crippen LogP contribution in [-0.2, 0) is 50.4 Å². The Labute approximate surface area is 458 Å². The smallest absolute Gasteiger partial charge is 0.870 e. The van der Waals surface area contributed by atoms with Crippen molar-refractivity contribution in [2.75, 3.05) is 20.7 Å². The van der Waals surface area contributed by atoms with Crippen molar-refractivity contribution in [3.05, 3.63) is 35.9 Å². The topological polar surface area (TPSA) is 351 Å². The van der Waals surface area contributed by atoms with Gasteiger partial charge in [-0.25, -0.2) is 0 Å². The first-order valence-corrected chi connectivity index (χ1v) is 25.0. The molecule has 23 heteroatoms. The second kappa shape index (κ2) is 35.1. The van der Waals surface area contributed by atoms with Crippen molar-refractivity contribution in [2.45, 2.75) is 217 Å². The molecule has 6 saturated heterocycles. The Balaban J connectivity index is -0.000000254. The molecule has 6 aliphatic rings. The van der Waals surface area contributed by atoms with E-state index < -0.39 is 35.2 Å². The number of aliphatic carboxylic acids is 1. The Morgan fingerprint density at radius 1 is 0.750 bits per heavy atom. The normalized spacial score (nSPS) is 29.4. The second-order valence-corrected chi connectivity index (χ2v) is 21.8. The zero-order chi connectivity index (χ0) is 51.5.